The number of ether oxygens (including phenoxy) is 2. The van der Waals surface area contributed by atoms with Gasteiger partial charge in [-0.2, -0.15) is 35.9 Å². The first-order valence-electron chi connectivity index (χ1n) is 16.6. The first-order chi connectivity index (χ1) is 21.5. The quantitative estimate of drug-likeness (QED) is 0.128. The second kappa shape index (κ2) is 20.7. The molecule has 3 aromatic rings. The van der Waals surface area contributed by atoms with Gasteiger partial charge < -0.3 is 15.2 Å². The molecule has 0 atom stereocenters. The Hall–Kier alpha value is -1.40. The summed E-state index contributed by atoms with van der Waals surface area (Å²) in [6.07, 6.45) is 15.3. The maximum atomic E-state index is 6.37. The first-order valence-corrected chi connectivity index (χ1v) is 20.1. The minimum absolute atomic E-state index is 0.128. The Morgan fingerprint density at radius 2 is 1.27 bits per heavy atom. The van der Waals surface area contributed by atoms with Gasteiger partial charge in [0.1, 0.15) is 11.5 Å². The molecule has 0 amide bonds. The summed E-state index contributed by atoms with van der Waals surface area (Å²) >= 11 is 2.22. The van der Waals surface area contributed by atoms with E-state index in [0.29, 0.717) is 6.54 Å². The summed E-state index contributed by atoms with van der Waals surface area (Å²) in [6.45, 7) is 9.16. The Morgan fingerprint density at radius 3 is 1.75 bits per heavy atom. The number of hydrogen-bond acceptors (Lipinski definition) is 3. The van der Waals surface area contributed by atoms with Gasteiger partial charge in [0, 0.05) is 0 Å². The number of nitrogens with two attached hydrogens (primary N) is 1. The molecule has 6 heteroatoms. The Morgan fingerprint density at radius 1 is 0.750 bits per heavy atom. The molecule has 3 aromatic carbocycles. The molecule has 244 valence electrons. The molecule has 0 unspecified atom stereocenters. The summed E-state index contributed by atoms with van der Waals surface area (Å²) in [4.78, 5) is 0. The van der Waals surface area contributed by atoms with E-state index in [0.717, 1.165) is 34.8 Å². The summed E-state index contributed by atoms with van der Waals surface area (Å²) in [5, 5.41) is 1.60. The molecule has 5 rings (SSSR count). The van der Waals surface area contributed by atoms with Gasteiger partial charge in [-0.1, -0.05) is 76.8 Å². The summed E-state index contributed by atoms with van der Waals surface area (Å²) in [5.41, 5.74) is 10.8. The molecule has 0 heterocycles. The molecule has 2 aliphatic carbocycles. The molecule has 44 heavy (non-hydrogen) atoms. The predicted molar refractivity (Wildman–Crippen MR) is 188 cm³/mol. The van der Waals surface area contributed by atoms with Crippen molar-refractivity contribution in [3.63, 3.8) is 0 Å². The average molecular weight is 729 g/mol. The van der Waals surface area contributed by atoms with Crippen molar-refractivity contribution in [3.05, 3.63) is 78.4 Å². The van der Waals surface area contributed by atoms with Crippen LogP contribution in [-0.2, 0) is 24.6 Å². The van der Waals surface area contributed by atoms with Gasteiger partial charge in [0.15, 0.2) is 0 Å². The van der Waals surface area contributed by atoms with E-state index in [4.69, 9.17) is 15.2 Å². The molecule has 2 saturated carbocycles. The van der Waals surface area contributed by atoms with Crippen LogP contribution in [-0.4, -0.2) is 30.1 Å². The van der Waals surface area contributed by atoms with Gasteiger partial charge >= 0.3 is 27.7 Å². The van der Waals surface area contributed by atoms with Crippen molar-refractivity contribution in [2.45, 2.75) is 122 Å². The molecular formula is C38H53ClNO2PPd. The maximum absolute atomic E-state index is 6.37. The van der Waals surface area contributed by atoms with Gasteiger partial charge in [0.05, 0.1) is 17.8 Å². The molecule has 0 radical (unpaired) electrons. The first kappa shape index (κ1) is 37.1. The monoisotopic (exact) mass is 727 g/mol. The van der Waals surface area contributed by atoms with Gasteiger partial charge in [-0.15, -0.1) is 0 Å². The zero-order chi connectivity index (χ0) is 31.7. The fourth-order valence-corrected chi connectivity index (χ4v) is 10.5. The Bertz CT molecular complexity index is 1150. The topological polar surface area (TPSA) is 44.5 Å². The van der Waals surface area contributed by atoms with Crippen LogP contribution in [0.1, 0.15) is 97.5 Å². The van der Waals surface area contributed by atoms with Gasteiger partial charge in [-0.25, -0.2) is 0 Å². The normalized spacial score (nSPS) is 15.8. The molecule has 0 spiro atoms. The van der Waals surface area contributed by atoms with Crippen molar-refractivity contribution in [2.75, 3.05) is 6.54 Å². The predicted octanol–water partition coefficient (Wildman–Crippen LogP) is 10.4. The second-order valence-corrected chi connectivity index (χ2v) is 15.2. The summed E-state index contributed by atoms with van der Waals surface area (Å²) in [6, 6.07) is 26.6. The third-order valence-corrected chi connectivity index (χ3v) is 11.8. The van der Waals surface area contributed by atoms with Crippen LogP contribution in [0.25, 0.3) is 11.1 Å². The van der Waals surface area contributed by atoms with E-state index in [9.17, 15) is 0 Å². The zero-order valence-corrected chi connectivity index (χ0v) is 30.4. The van der Waals surface area contributed by atoms with E-state index in [2.05, 4.69) is 104 Å². The van der Waals surface area contributed by atoms with E-state index in [1.165, 1.54) is 75.3 Å². The summed E-state index contributed by atoms with van der Waals surface area (Å²) in [5.74, 6) is 1.91. The Balaban J connectivity index is 0.000000409. The van der Waals surface area contributed by atoms with E-state index in [1.54, 1.807) is 5.30 Å². The average Bonchev–Trinajstić information content (AvgIpc) is 3.04. The third-order valence-electron chi connectivity index (χ3n) is 8.29. The van der Waals surface area contributed by atoms with Crippen LogP contribution >= 0.6 is 17.5 Å². The van der Waals surface area contributed by atoms with Crippen LogP contribution in [0.4, 0.5) is 0 Å². The number of rotatable bonds is 10. The molecule has 3 nitrogen and oxygen atoms in total. The van der Waals surface area contributed by atoms with Crippen LogP contribution in [0.3, 0.4) is 0 Å². The molecule has 0 bridgehead atoms. The van der Waals surface area contributed by atoms with Crippen LogP contribution in [0.2, 0.25) is 0 Å². The molecule has 0 saturated heterocycles. The summed E-state index contributed by atoms with van der Waals surface area (Å²) < 4.78 is 12.7. The standard InChI is InChI=1S/C30H43O2P.C8H10N.ClH.Pd/c1-22(2)31-27-19-13-20-28(32-23(3)4)30(27)26-18-11-12-21-29(26)33(24-14-7-5-8-15-24)25-16-9-6-10-17-25;9-7-6-8-4-2-1-3-5-8;;/h11-13,18-25H,5-10,14-17H2,1-4H3;1-4H,6-7,9H2;1H;/q;-1;;+2/p-1. The van der Waals surface area contributed by atoms with E-state index in [1.807, 2.05) is 24.3 Å². The Labute approximate surface area is 284 Å². The molecule has 2 aliphatic rings. The third kappa shape index (κ3) is 11.4. The molecule has 0 aromatic heterocycles. The fraction of sp³-hybridized carbons (Fsp3) is 0.526. The molecular weight excluding hydrogens is 675 g/mol. The van der Waals surface area contributed by atoms with E-state index < -0.39 is 0 Å². The van der Waals surface area contributed by atoms with Gasteiger partial charge in [-0.3, -0.25) is 0 Å². The number of halogens is 1. The van der Waals surface area contributed by atoms with Gasteiger partial charge in [0.2, 0.25) is 0 Å². The van der Waals surface area contributed by atoms with E-state index in [-0.39, 0.29) is 20.1 Å². The van der Waals surface area contributed by atoms with Crippen LogP contribution in [0.15, 0.2) is 66.7 Å². The van der Waals surface area contributed by atoms with Crippen LogP contribution < -0.4 is 20.5 Å². The molecule has 0 aliphatic heterocycles. The van der Waals surface area contributed by atoms with Crippen molar-refractivity contribution >= 4 is 22.8 Å². The van der Waals surface area contributed by atoms with Crippen molar-refractivity contribution in [3.8, 4) is 22.6 Å². The van der Waals surface area contributed by atoms with Crippen LogP contribution in [0, 0.1) is 6.07 Å². The number of hydrogen-bond donors (Lipinski definition) is 1. The summed E-state index contributed by atoms with van der Waals surface area (Å²) in [7, 11) is 4.28. The van der Waals surface area contributed by atoms with Gasteiger partial charge in [-0.05, 0) is 101 Å². The SMILES string of the molecule is CC(C)Oc1cccc(OC(C)C)c1-c1ccccc1P(C1CCCCC1)C1CCCCC1.NCCc1[c-]cccc1.[Cl][Pd+]. The number of benzene rings is 3. The van der Waals surface area contributed by atoms with Crippen molar-refractivity contribution in [1.29, 1.82) is 0 Å². The van der Waals surface area contributed by atoms with Crippen LogP contribution in [0.5, 0.6) is 11.5 Å². The zero-order valence-electron chi connectivity index (χ0n) is 27.2. The minimum atomic E-state index is -0.213. The van der Waals surface area contributed by atoms with Crippen molar-refractivity contribution in [2.24, 2.45) is 5.73 Å². The second-order valence-electron chi connectivity index (χ2n) is 12.4. The molecule has 2 N–H and O–H groups in total. The fourth-order valence-electron chi connectivity index (χ4n) is 6.54. The van der Waals surface area contributed by atoms with E-state index >= 15 is 0 Å². The Kier molecular flexibility index (Phi) is 17.4. The van der Waals surface area contributed by atoms with Gasteiger partial charge in [0.25, 0.3) is 0 Å². The van der Waals surface area contributed by atoms with Crippen molar-refractivity contribution < 1.29 is 27.7 Å². The molecule has 2 fully saturated rings. The van der Waals surface area contributed by atoms with Crippen molar-refractivity contribution in [1.82, 2.24) is 0 Å².